The minimum atomic E-state index is 0.00179. The maximum absolute atomic E-state index is 4.48. The van der Waals surface area contributed by atoms with Gasteiger partial charge in [0.1, 0.15) is 0 Å². The molecule has 0 heterocycles. The Labute approximate surface area is 180 Å². The Morgan fingerprint density at radius 1 is 0.966 bits per heavy atom. The highest BCUT2D eigenvalue weighted by atomic mass is 14.5. The smallest absolute Gasteiger partial charge is 0.00445 e. The van der Waals surface area contributed by atoms with Crippen LogP contribution in [0.2, 0.25) is 0 Å². The molecule has 1 aromatic rings. The number of hydrogen-bond acceptors (Lipinski definition) is 0. The van der Waals surface area contributed by atoms with Crippen molar-refractivity contribution >= 4 is 11.1 Å². The highest BCUT2D eigenvalue weighted by Gasteiger charge is 2.47. The molecule has 0 aliphatic rings. The Morgan fingerprint density at radius 2 is 1.55 bits per heavy atom. The number of benzene rings is 1. The summed E-state index contributed by atoms with van der Waals surface area (Å²) < 4.78 is 0. The van der Waals surface area contributed by atoms with E-state index in [0.717, 1.165) is 30.4 Å². The third kappa shape index (κ3) is 4.74. The molecule has 1 aromatic carbocycles. The Kier molecular flexibility index (Phi) is 8.69. The van der Waals surface area contributed by atoms with Gasteiger partial charge >= 0.3 is 0 Å². The molecular formula is C29H42. The van der Waals surface area contributed by atoms with E-state index >= 15 is 0 Å². The van der Waals surface area contributed by atoms with Crippen molar-refractivity contribution in [3.05, 3.63) is 84.0 Å². The van der Waals surface area contributed by atoms with Crippen molar-refractivity contribution in [2.45, 2.75) is 80.1 Å². The molecule has 0 saturated carbocycles. The quantitative estimate of drug-likeness (QED) is 0.276. The minimum Gasteiger partial charge on any atom is -0.0996 e. The number of allylic oxidation sites excluding steroid dienone is 7. The lowest BCUT2D eigenvalue weighted by molar-refractivity contribution is 0.158. The van der Waals surface area contributed by atoms with Gasteiger partial charge in [-0.15, -0.1) is 0 Å². The van der Waals surface area contributed by atoms with Gasteiger partial charge in [0, 0.05) is 5.41 Å². The van der Waals surface area contributed by atoms with Crippen molar-refractivity contribution in [3.63, 3.8) is 0 Å². The van der Waals surface area contributed by atoms with Crippen LogP contribution in [-0.4, -0.2) is 0 Å². The zero-order valence-electron chi connectivity index (χ0n) is 20.2. The van der Waals surface area contributed by atoms with E-state index in [4.69, 9.17) is 0 Å². The largest absolute Gasteiger partial charge is 0.0996 e. The van der Waals surface area contributed by atoms with Crippen molar-refractivity contribution in [2.24, 2.45) is 5.41 Å². The highest BCUT2D eigenvalue weighted by molar-refractivity contribution is 5.79. The average Bonchev–Trinajstić information content (AvgIpc) is 2.68. The van der Waals surface area contributed by atoms with E-state index in [9.17, 15) is 0 Å². The Bertz CT molecular complexity index is 824. The van der Waals surface area contributed by atoms with Crippen molar-refractivity contribution in [1.82, 2.24) is 0 Å². The molecule has 158 valence electrons. The molecule has 1 rings (SSSR count). The van der Waals surface area contributed by atoms with Gasteiger partial charge in [0.15, 0.2) is 0 Å². The number of hydrogen-bond donors (Lipinski definition) is 0. The zero-order valence-corrected chi connectivity index (χ0v) is 20.2. The fourth-order valence-corrected chi connectivity index (χ4v) is 4.91. The normalized spacial score (nSPS) is 14.7. The first-order valence-corrected chi connectivity index (χ1v) is 11.0. The van der Waals surface area contributed by atoms with Crippen LogP contribution >= 0.6 is 0 Å². The summed E-state index contributed by atoms with van der Waals surface area (Å²) in [6.45, 7) is 30.8. The molecule has 0 aliphatic carbocycles. The zero-order chi connectivity index (χ0) is 22.4. The van der Waals surface area contributed by atoms with Gasteiger partial charge in [0.25, 0.3) is 0 Å². The van der Waals surface area contributed by atoms with Crippen molar-refractivity contribution in [3.8, 4) is 0 Å². The molecule has 0 bridgehead atoms. The lowest BCUT2D eigenvalue weighted by Gasteiger charge is -2.50. The molecule has 0 nitrogen and oxygen atoms in total. The topological polar surface area (TPSA) is 0 Å². The standard InChI is InChI=1S/C29H42/c1-12-16-23(9)19-24(10)26-20-25(21(5)6)17-18-27(26)29(14-3,15-4)28(11,13-2)22(7)8/h12,16-20H,5,7,10,13-15H2,1-4,6,8-9,11H3. The molecule has 29 heavy (non-hydrogen) atoms. The van der Waals surface area contributed by atoms with Gasteiger partial charge in [-0.1, -0.05) is 94.5 Å². The molecule has 0 heteroatoms. The monoisotopic (exact) mass is 390 g/mol. The molecule has 0 saturated heterocycles. The molecule has 0 N–H and O–H groups in total. The van der Waals surface area contributed by atoms with Gasteiger partial charge in [0.2, 0.25) is 0 Å². The first-order chi connectivity index (χ1) is 13.5. The second kappa shape index (κ2) is 10.1. The highest BCUT2D eigenvalue weighted by Crippen LogP contribution is 2.54. The molecule has 0 amide bonds. The SMILES string of the molecule is C=C(C)c1ccc(C(CC)(CC)C(C)(CC)C(=C)C)c(C(=C)C=C(C)C=CC)c1. The first kappa shape index (κ1) is 25.0. The second-order valence-electron chi connectivity index (χ2n) is 8.71. The van der Waals surface area contributed by atoms with E-state index < -0.39 is 0 Å². The Hall–Kier alpha value is -2.08. The van der Waals surface area contributed by atoms with E-state index in [0.29, 0.717) is 0 Å². The van der Waals surface area contributed by atoms with Gasteiger partial charge in [-0.05, 0) is 80.7 Å². The minimum absolute atomic E-state index is 0.00179. The van der Waals surface area contributed by atoms with E-state index in [2.05, 4.69) is 105 Å². The maximum atomic E-state index is 4.48. The van der Waals surface area contributed by atoms with Gasteiger partial charge in [0.05, 0.1) is 0 Å². The van der Waals surface area contributed by atoms with Crippen LogP contribution in [0.25, 0.3) is 11.1 Å². The molecule has 0 aliphatic heterocycles. The summed E-state index contributed by atoms with van der Waals surface area (Å²) in [4.78, 5) is 0. The van der Waals surface area contributed by atoms with Gasteiger partial charge in [-0.25, -0.2) is 0 Å². The summed E-state index contributed by atoms with van der Waals surface area (Å²) >= 11 is 0. The predicted molar refractivity (Wildman–Crippen MR) is 134 cm³/mol. The fourth-order valence-electron chi connectivity index (χ4n) is 4.91. The van der Waals surface area contributed by atoms with E-state index in [-0.39, 0.29) is 10.8 Å². The van der Waals surface area contributed by atoms with Crippen LogP contribution in [0.3, 0.4) is 0 Å². The summed E-state index contributed by atoms with van der Waals surface area (Å²) in [5.41, 5.74) is 8.41. The fraction of sp³-hybridized carbons (Fsp3) is 0.448. The van der Waals surface area contributed by atoms with E-state index in [1.54, 1.807) is 0 Å². The lowest BCUT2D eigenvalue weighted by Crippen LogP contribution is -2.44. The Morgan fingerprint density at radius 3 is 1.97 bits per heavy atom. The van der Waals surface area contributed by atoms with Gasteiger partial charge < -0.3 is 0 Å². The van der Waals surface area contributed by atoms with Gasteiger partial charge in [-0.2, -0.15) is 0 Å². The summed E-state index contributed by atoms with van der Waals surface area (Å²) in [6.07, 6.45) is 9.58. The molecular weight excluding hydrogens is 348 g/mol. The summed E-state index contributed by atoms with van der Waals surface area (Å²) in [6, 6.07) is 6.84. The van der Waals surface area contributed by atoms with E-state index in [1.165, 1.54) is 27.8 Å². The molecule has 1 atom stereocenters. The van der Waals surface area contributed by atoms with Crippen LogP contribution in [0.5, 0.6) is 0 Å². The van der Waals surface area contributed by atoms with E-state index in [1.807, 2.05) is 6.92 Å². The average molecular weight is 391 g/mol. The Balaban J connectivity index is 3.92. The van der Waals surface area contributed by atoms with Crippen molar-refractivity contribution in [2.75, 3.05) is 0 Å². The summed E-state index contributed by atoms with van der Waals surface area (Å²) in [5.74, 6) is 0. The molecule has 1 unspecified atom stereocenters. The maximum Gasteiger partial charge on any atom is 0.00445 e. The first-order valence-electron chi connectivity index (χ1n) is 11.0. The van der Waals surface area contributed by atoms with Crippen LogP contribution in [0.4, 0.5) is 0 Å². The summed E-state index contributed by atoms with van der Waals surface area (Å²) in [7, 11) is 0. The third-order valence-electron chi connectivity index (χ3n) is 7.12. The second-order valence-corrected chi connectivity index (χ2v) is 8.71. The van der Waals surface area contributed by atoms with Crippen LogP contribution in [0, 0.1) is 5.41 Å². The lowest BCUT2D eigenvalue weighted by atomic mass is 9.53. The number of rotatable bonds is 10. The van der Waals surface area contributed by atoms with Crippen LogP contribution in [0.1, 0.15) is 91.3 Å². The molecule has 0 spiro atoms. The molecule has 0 fully saturated rings. The van der Waals surface area contributed by atoms with Crippen LogP contribution in [-0.2, 0) is 5.41 Å². The molecule has 0 aromatic heterocycles. The predicted octanol–water partition coefficient (Wildman–Crippen LogP) is 9.31. The van der Waals surface area contributed by atoms with Crippen LogP contribution < -0.4 is 0 Å². The van der Waals surface area contributed by atoms with Gasteiger partial charge in [-0.3, -0.25) is 0 Å². The van der Waals surface area contributed by atoms with Crippen LogP contribution in [0.15, 0.2) is 67.3 Å². The third-order valence-corrected chi connectivity index (χ3v) is 7.12. The van der Waals surface area contributed by atoms with Crippen molar-refractivity contribution < 1.29 is 0 Å². The molecule has 0 radical (unpaired) electrons. The summed E-state index contributed by atoms with van der Waals surface area (Å²) in [5, 5.41) is 0. The van der Waals surface area contributed by atoms with Crippen molar-refractivity contribution in [1.29, 1.82) is 0 Å².